The minimum atomic E-state index is -0.715. The first-order valence-electron chi connectivity index (χ1n) is 12.4. The van der Waals surface area contributed by atoms with Crippen LogP contribution in [0, 0.1) is 5.92 Å². The molecule has 6 nitrogen and oxygen atoms in total. The van der Waals surface area contributed by atoms with Crippen molar-refractivity contribution in [3.63, 3.8) is 0 Å². The van der Waals surface area contributed by atoms with Crippen LogP contribution >= 0.6 is 0 Å². The number of aliphatic carboxylic acids is 1. The summed E-state index contributed by atoms with van der Waals surface area (Å²) in [5, 5.41) is 9.83. The molecule has 3 atom stereocenters. The molecule has 0 radical (unpaired) electrons. The lowest BCUT2D eigenvalue weighted by molar-refractivity contribution is -0.142. The molecule has 1 N–H and O–H groups in total. The summed E-state index contributed by atoms with van der Waals surface area (Å²) < 4.78 is 0. The van der Waals surface area contributed by atoms with Crippen molar-refractivity contribution in [3.8, 4) is 0 Å². The largest absolute Gasteiger partial charge is 0.481 e. The first-order chi connectivity index (χ1) is 17.2. The van der Waals surface area contributed by atoms with E-state index in [1.807, 2.05) is 73.1 Å². The number of fused-ring (bicyclic) bond motifs is 1. The van der Waals surface area contributed by atoms with Crippen molar-refractivity contribution >= 4 is 17.0 Å². The van der Waals surface area contributed by atoms with E-state index in [1.165, 1.54) is 0 Å². The molecule has 0 aliphatic carbocycles. The molecular weight excluding hydrogens is 436 g/mol. The third-order valence-electron chi connectivity index (χ3n) is 6.63. The fraction of sp³-hybridized carbons (Fsp3) is 0.345. The second kappa shape index (κ2) is 12.2. The Morgan fingerprint density at radius 1 is 0.800 bits per heavy atom. The van der Waals surface area contributed by atoms with Gasteiger partial charge in [-0.15, -0.1) is 0 Å². The molecule has 3 heterocycles. The normalized spacial score (nSPS) is 13.9. The van der Waals surface area contributed by atoms with Crippen molar-refractivity contribution in [3.05, 3.63) is 96.3 Å². The highest BCUT2D eigenvalue weighted by Crippen LogP contribution is 2.38. The molecule has 0 aliphatic heterocycles. The lowest BCUT2D eigenvalue weighted by Gasteiger charge is -2.27. The van der Waals surface area contributed by atoms with Gasteiger partial charge in [0.1, 0.15) is 0 Å². The highest BCUT2D eigenvalue weighted by molar-refractivity contribution is 5.73. The Morgan fingerprint density at radius 3 is 2.09 bits per heavy atom. The molecule has 1 aromatic carbocycles. The van der Waals surface area contributed by atoms with E-state index < -0.39 is 5.97 Å². The van der Waals surface area contributed by atoms with Gasteiger partial charge in [0.15, 0.2) is 0 Å². The third-order valence-corrected chi connectivity index (χ3v) is 6.63. The van der Waals surface area contributed by atoms with E-state index in [0.29, 0.717) is 25.7 Å². The van der Waals surface area contributed by atoms with E-state index in [-0.39, 0.29) is 17.8 Å². The van der Waals surface area contributed by atoms with E-state index in [9.17, 15) is 9.90 Å². The summed E-state index contributed by atoms with van der Waals surface area (Å²) in [6, 6.07) is 19.8. The number of pyridine rings is 2. The molecule has 35 heavy (non-hydrogen) atoms. The zero-order valence-corrected chi connectivity index (χ0v) is 20.1. The van der Waals surface area contributed by atoms with Crippen molar-refractivity contribution in [2.75, 3.05) is 0 Å². The number of unbranched alkanes of at least 4 members (excludes halogenated alkanes) is 1. The average molecular weight is 469 g/mol. The van der Waals surface area contributed by atoms with Crippen LogP contribution in [0.1, 0.15) is 67.9 Å². The summed E-state index contributed by atoms with van der Waals surface area (Å²) >= 11 is 0. The molecule has 0 saturated carbocycles. The van der Waals surface area contributed by atoms with Crippen molar-refractivity contribution in [2.45, 2.75) is 57.3 Å². The molecule has 0 spiro atoms. The fourth-order valence-corrected chi connectivity index (χ4v) is 4.74. The monoisotopic (exact) mass is 468 g/mol. The van der Waals surface area contributed by atoms with E-state index in [1.54, 1.807) is 6.20 Å². The summed E-state index contributed by atoms with van der Waals surface area (Å²) in [5.41, 5.74) is 4.54. The van der Waals surface area contributed by atoms with Crippen LogP contribution in [-0.2, 0) is 11.2 Å². The topological polar surface area (TPSA) is 88.9 Å². The molecule has 0 bridgehead atoms. The summed E-state index contributed by atoms with van der Waals surface area (Å²) in [6.45, 7) is 2.09. The van der Waals surface area contributed by atoms with Gasteiger partial charge in [-0.1, -0.05) is 44.0 Å². The van der Waals surface area contributed by atoms with E-state index in [0.717, 1.165) is 41.0 Å². The number of carboxylic acids is 1. The molecule has 0 amide bonds. The summed E-state index contributed by atoms with van der Waals surface area (Å²) in [7, 11) is 0. The van der Waals surface area contributed by atoms with Gasteiger partial charge in [0, 0.05) is 48.2 Å². The number of benzene rings is 1. The van der Waals surface area contributed by atoms with E-state index in [2.05, 4.69) is 11.9 Å². The number of carboxylic acid groups (broad SMARTS) is 1. The molecule has 3 unspecified atom stereocenters. The Morgan fingerprint density at radius 2 is 1.46 bits per heavy atom. The lowest BCUT2D eigenvalue weighted by Crippen LogP contribution is -2.20. The van der Waals surface area contributed by atoms with Gasteiger partial charge in [-0.05, 0) is 55.7 Å². The Labute approximate surface area is 206 Å². The molecule has 4 aromatic rings. The Hall–Kier alpha value is -3.67. The standard InChI is InChI=1S/C29H32N4O2/c1-2-3-10-21(29(34)35)15-16-23(25-11-6-8-17-30-25)24(26-12-7-9-18-31-26)19-22-20-32-27-13-4-5-14-28(27)33-22/h4-9,11-14,17-18,20-21,23-24H,2-3,10,15-16,19H2,1H3,(H,34,35). The molecule has 0 saturated heterocycles. The average Bonchev–Trinajstić information content (AvgIpc) is 2.90. The third kappa shape index (κ3) is 6.47. The number of hydrogen-bond acceptors (Lipinski definition) is 5. The Bertz CT molecular complexity index is 1220. The Balaban J connectivity index is 1.69. The minimum absolute atomic E-state index is 0.00264. The van der Waals surface area contributed by atoms with Gasteiger partial charge in [-0.2, -0.15) is 0 Å². The van der Waals surface area contributed by atoms with Crippen LogP contribution in [0.25, 0.3) is 11.0 Å². The zero-order valence-electron chi connectivity index (χ0n) is 20.1. The maximum atomic E-state index is 12.0. The van der Waals surface area contributed by atoms with Crippen LogP contribution in [0.4, 0.5) is 0 Å². The SMILES string of the molecule is CCCCC(CCC(c1ccccn1)C(Cc1cnc2ccccc2n1)c1ccccn1)C(=O)O. The van der Waals surface area contributed by atoms with E-state index >= 15 is 0 Å². The number of para-hydroxylation sites is 2. The highest BCUT2D eigenvalue weighted by atomic mass is 16.4. The first kappa shape index (κ1) is 24.5. The van der Waals surface area contributed by atoms with Crippen LogP contribution in [0.3, 0.4) is 0 Å². The highest BCUT2D eigenvalue weighted by Gasteiger charge is 2.30. The van der Waals surface area contributed by atoms with Gasteiger partial charge in [0.25, 0.3) is 0 Å². The second-order valence-corrected chi connectivity index (χ2v) is 9.03. The van der Waals surface area contributed by atoms with Gasteiger partial charge in [-0.3, -0.25) is 19.7 Å². The summed E-state index contributed by atoms with van der Waals surface area (Å²) in [6.07, 6.45) is 10.0. The molecule has 0 fully saturated rings. The number of aromatic nitrogens is 4. The smallest absolute Gasteiger partial charge is 0.306 e. The molecule has 6 heteroatoms. The number of rotatable bonds is 12. The van der Waals surface area contributed by atoms with Crippen molar-refractivity contribution < 1.29 is 9.90 Å². The maximum Gasteiger partial charge on any atom is 0.306 e. The van der Waals surface area contributed by atoms with Crippen LogP contribution in [0.15, 0.2) is 79.3 Å². The fourth-order valence-electron chi connectivity index (χ4n) is 4.74. The zero-order chi connectivity index (χ0) is 24.5. The van der Waals surface area contributed by atoms with Crippen LogP contribution < -0.4 is 0 Å². The van der Waals surface area contributed by atoms with Crippen molar-refractivity contribution in [1.29, 1.82) is 0 Å². The van der Waals surface area contributed by atoms with Gasteiger partial charge in [0.05, 0.1) is 22.6 Å². The van der Waals surface area contributed by atoms with Crippen molar-refractivity contribution in [2.24, 2.45) is 5.92 Å². The van der Waals surface area contributed by atoms with Gasteiger partial charge in [0.2, 0.25) is 0 Å². The lowest BCUT2D eigenvalue weighted by atomic mass is 9.78. The van der Waals surface area contributed by atoms with Crippen LogP contribution in [0.2, 0.25) is 0 Å². The number of hydrogen-bond donors (Lipinski definition) is 1. The molecule has 4 rings (SSSR count). The summed E-state index contributed by atoms with van der Waals surface area (Å²) in [5.74, 6) is -1.08. The first-order valence-corrected chi connectivity index (χ1v) is 12.4. The second-order valence-electron chi connectivity index (χ2n) is 9.03. The minimum Gasteiger partial charge on any atom is -0.481 e. The number of carbonyl (C=O) groups is 1. The van der Waals surface area contributed by atoms with E-state index in [4.69, 9.17) is 15.0 Å². The molecule has 180 valence electrons. The van der Waals surface area contributed by atoms with Crippen LogP contribution in [-0.4, -0.2) is 31.0 Å². The Kier molecular flexibility index (Phi) is 8.49. The van der Waals surface area contributed by atoms with Crippen LogP contribution in [0.5, 0.6) is 0 Å². The van der Waals surface area contributed by atoms with Gasteiger partial charge in [-0.25, -0.2) is 4.98 Å². The molecular formula is C29H32N4O2. The van der Waals surface area contributed by atoms with Gasteiger partial charge >= 0.3 is 5.97 Å². The number of nitrogens with zero attached hydrogens (tertiary/aromatic N) is 4. The van der Waals surface area contributed by atoms with Crippen molar-refractivity contribution in [1.82, 2.24) is 19.9 Å². The molecule has 0 aliphatic rings. The predicted molar refractivity (Wildman–Crippen MR) is 137 cm³/mol. The predicted octanol–water partition coefficient (Wildman–Crippen LogP) is 6.20. The molecule has 3 aromatic heterocycles. The maximum absolute atomic E-state index is 12.0. The van der Waals surface area contributed by atoms with Gasteiger partial charge < -0.3 is 5.11 Å². The quantitative estimate of drug-likeness (QED) is 0.266. The summed E-state index contributed by atoms with van der Waals surface area (Å²) in [4.78, 5) is 30.8.